The fourth-order valence-corrected chi connectivity index (χ4v) is 1.72. The predicted molar refractivity (Wildman–Crippen MR) is 69.5 cm³/mol. The van der Waals surface area contributed by atoms with Crippen molar-refractivity contribution < 1.29 is 0 Å². The van der Waals surface area contributed by atoms with Crippen LogP contribution in [0.25, 0.3) is 0 Å². The minimum Gasteiger partial charge on any atom is -0.247 e. The van der Waals surface area contributed by atoms with Gasteiger partial charge in [0.05, 0.1) is 0 Å². The second-order valence-electron chi connectivity index (χ2n) is 3.99. The third kappa shape index (κ3) is 2.14. The molecule has 0 spiro atoms. The molecule has 0 atom stereocenters. The number of rotatable bonds is 2. The molecule has 22 heavy (non-hydrogen) atoms. The molecule has 0 aliphatic carbocycles. The van der Waals surface area contributed by atoms with Gasteiger partial charge in [-0.05, 0) is 0 Å². The molecule has 0 bridgehead atoms. The van der Waals surface area contributed by atoms with Crippen LogP contribution in [0.3, 0.4) is 0 Å². The fraction of sp³-hybridized carbons (Fsp3) is 0.167. The lowest BCUT2D eigenvalue weighted by molar-refractivity contribution is 0.744. The molecule has 2 aromatic heterocycles. The fourth-order valence-electron chi connectivity index (χ4n) is 1.72. The lowest BCUT2D eigenvalue weighted by Gasteiger charge is -1.95. The van der Waals surface area contributed by atoms with Crippen molar-refractivity contribution in [3.63, 3.8) is 0 Å². The van der Waals surface area contributed by atoms with Crippen LogP contribution < -0.4 is 0 Å². The molecule has 0 saturated heterocycles. The molecule has 0 fully saturated rings. The van der Waals surface area contributed by atoms with E-state index < -0.39 is 0 Å². The first kappa shape index (κ1) is 14.4. The molecule has 0 amide bonds. The second-order valence-corrected chi connectivity index (χ2v) is 3.99. The molecule has 0 aliphatic heterocycles. The predicted octanol–water partition coefficient (Wildman–Crippen LogP) is 1.06. The van der Waals surface area contributed by atoms with Gasteiger partial charge in [-0.25, -0.2) is 9.36 Å². The summed E-state index contributed by atoms with van der Waals surface area (Å²) in [5.41, 5.74) is -0.172. The summed E-state index contributed by atoms with van der Waals surface area (Å²) >= 11 is 0. The van der Waals surface area contributed by atoms with Gasteiger partial charge in [-0.15, -0.1) is 10.2 Å². The maximum absolute atomic E-state index is 9.07. The molecule has 2 heterocycles. The maximum atomic E-state index is 9.07. The van der Waals surface area contributed by atoms with Crippen LogP contribution in [0.4, 0.5) is 11.6 Å². The zero-order valence-electron chi connectivity index (χ0n) is 11.5. The highest BCUT2D eigenvalue weighted by atomic mass is 15.4. The number of azo groups is 1. The van der Waals surface area contributed by atoms with Gasteiger partial charge in [0.25, 0.3) is 0 Å². The van der Waals surface area contributed by atoms with E-state index in [1.54, 1.807) is 12.1 Å². The van der Waals surface area contributed by atoms with E-state index in [1.807, 2.05) is 12.1 Å². The van der Waals surface area contributed by atoms with Crippen molar-refractivity contribution in [1.82, 2.24) is 19.6 Å². The van der Waals surface area contributed by atoms with Crippen LogP contribution in [0.2, 0.25) is 0 Å². The molecule has 0 aliphatic rings. The van der Waals surface area contributed by atoms with E-state index in [-0.39, 0.29) is 34.2 Å². The minimum atomic E-state index is -0.0674. The van der Waals surface area contributed by atoms with Crippen LogP contribution in [0.15, 0.2) is 10.2 Å². The lowest BCUT2D eigenvalue weighted by Crippen LogP contribution is -1.90. The minimum absolute atomic E-state index is 0.0186. The molecule has 0 unspecified atom stereocenters. The van der Waals surface area contributed by atoms with Gasteiger partial charge in [-0.2, -0.15) is 31.2 Å². The first-order chi connectivity index (χ1) is 10.6. The SMILES string of the molecule is Cn1nc(C#N)c(C#N)c1/N=N/c1c(C#N)c(C#N)nn1C. The van der Waals surface area contributed by atoms with Gasteiger partial charge in [0.15, 0.2) is 23.0 Å². The summed E-state index contributed by atoms with van der Waals surface area (Å²) in [6.45, 7) is 0. The van der Waals surface area contributed by atoms with Crippen LogP contribution in [0.5, 0.6) is 0 Å². The van der Waals surface area contributed by atoms with Crippen LogP contribution >= 0.6 is 0 Å². The van der Waals surface area contributed by atoms with E-state index >= 15 is 0 Å². The van der Waals surface area contributed by atoms with E-state index in [0.29, 0.717) is 0 Å². The van der Waals surface area contributed by atoms with Crippen molar-refractivity contribution in [1.29, 1.82) is 21.0 Å². The normalized spacial score (nSPS) is 9.91. The van der Waals surface area contributed by atoms with E-state index in [1.165, 1.54) is 23.5 Å². The number of hydrogen-bond acceptors (Lipinski definition) is 8. The Labute approximate surface area is 124 Å². The number of hydrogen-bond donors (Lipinski definition) is 0. The van der Waals surface area contributed by atoms with Gasteiger partial charge in [-0.3, -0.25) is 0 Å². The highest BCUT2D eigenvalue weighted by Crippen LogP contribution is 2.26. The second kappa shape index (κ2) is 5.54. The Bertz CT molecular complexity index is 866. The summed E-state index contributed by atoms with van der Waals surface area (Å²) in [6.07, 6.45) is 0. The average Bonchev–Trinajstić information content (AvgIpc) is 3.00. The molecule has 0 N–H and O–H groups in total. The summed E-state index contributed by atoms with van der Waals surface area (Å²) < 4.78 is 2.46. The van der Waals surface area contributed by atoms with E-state index in [0.717, 1.165) is 0 Å². The van der Waals surface area contributed by atoms with Crippen molar-refractivity contribution in [2.45, 2.75) is 0 Å². The summed E-state index contributed by atoms with van der Waals surface area (Å²) in [5, 5.41) is 51.3. The molecule has 104 valence electrons. The largest absolute Gasteiger partial charge is 0.247 e. The third-order valence-electron chi connectivity index (χ3n) is 2.71. The van der Waals surface area contributed by atoms with Gasteiger partial charge in [0.1, 0.15) is 35.4 Å². The molecule has 10 heteroatoms. The van der Waals surface area contributed by atoms with Crippen LogP contribution in [0.1, 0.15) is 22.5 Å². The molecular weight excluding hydrogens is 284 g/mol. The first-order valence-electron chi connectivity index (χ1n) is 5.73. The first-order valence-corrected chi connectivity index (χ1v) is 5.73. The highest BCUT2D eigenvalue weighted by molar-refractivity contribution is 5.57. The molecule has 10 nitrogen and oxygen atoms in total. The van der Waals surface area contributed by atoms with Crippen molar-refractivity contribution in [3.8, 4) is 24.3 Å². The van der Waals surface area contributed by atoms with Crippen LogP contribution in [0, 0.1) is 45.3 Å². The molecule has 0 radical (unpaired) electrons. The Morgan fingerprint density at radius 1 is 0.727 bits per heavy atom. The maximum Gasteiger partial charge on any atom is 0.192 e. The van der Waals surface area contributed by atoms with Gasteiger partial charge < -0.3 is 0 Å². The average molecular weight is 290 g/mol. The van der Waals surface area contributed by atoms with Gasteiger partial charge in [-0.1, -0.05) is 0 Å². The van der Waals surface area contributed by atoms with Gasteiger partial charge in [0, 0.05) is 14.1 Å². The number of aromatic nitrogens is 4. The summed E-state index contributed by atoms with van der Waals surface area (Å²) in [4.78, 5) is 0. The smallest absolute Gasteiger partial charge is 0.192 e. The Morgan fingerprint density at radius 2 is 1.09 bits per heavy atom. The van der Waals surface area contributed by atoms with Crippen molar-refractivity contribution in [3.05, 3.63) is 22.5 Å². The zero-order valence-corrected chi connectivity index (χ0v) is 11.5. The van der Waals surface area contributed by atoms with Gasteiger partial charge in [0.2, 0.25) is 0 Å². The van der Waals surface area contributed by atoms with E-state index in [9.17, 15) is 0 Å². The monoisotopic (exact) mass is 290 g/mol. The molecular formula is C12H6N10. The van der Waals surface area contributed by atoms with Crippen molar-refractivity contribution in [2.24, 2.45) is 24.3 Å². The third-order valence-corrected chi connectivity index (χ3v) is 2.71. The van der Waals surface area contributed by atoms with Crippen molar-refractivity contribution in [2.75, 3.05) is 0 Å². The molecule has 0 aromatic carbocycles. The highest BCUT2D eigenvalue weighted by Gasteiger charge is 2.18. The van der Waals surface area contributed by atoms with Gasteiger partial charge >= 0.3 is 0 Å². The quantitative estimate of drug-likeness (QED) is 0.752. The zero-order chi connectivity index (χ0) is 16.3. The summed E-state index contributed by atoms with van der Waals surface area (Å²) in [5.74, 6) is 0.144. The topological polar surface area (TPSA) is 156 Å². The van der Waals surface area contributed by atoms with Crippen LogP contribution in [-0.2, 0) is 14.1 Å². The molecule has 2 rings (SSSR count). The Kier molecular flexibility index (Phi) is 3.62. The number of nitrogens with zero attached hydrogens (tertiary/aromatic N) is 10. The Balaban J connectivity index is 2.58. The summed E-state index contributed by atoms with van der Waals surface area (Å²) in [6, 6.07) is 7.23. The van der Waals surface area contributed by atoms with E-state index in [4.69, 9.17) is 21.0 Å². The molecule has 2 aromatic rings. The summed E-state index contributed by atoms with van der Waals surface area (Å²) in [7, 11) is 3.01. The lowest BCUT2D eigenvalue weighted by atomic mass is 10.2. The standard InChI is InChI=1S/C12H6N10/c1-21-11(7(3-13)9(5-15)19-21)17-18-12-8(4-14)10(6-16)20-22(12)2/h1-2H3/b18-17+. The number of nitriles is 4. The van der Waals surface area contributed by atoms with E-state index in [2.05, 4.69) is 20.4 Å². The number of aryl methyl sites for hydroxylation is 2. The Morgan fingerprint density at radius 3 is 1.36 bits per heavy atom. The molecule has 0 saturated carbocycles. The van der Waals surface area contributed by atoms with Crippen LogP contribution in [-0.4, -0.2) is 19.6 Å². The van der Waals surface area contributed by atoms with Crippen molar-refractivity contribution >= 4 is 11.6 Å². The Hall–Kier alpha value is -4.02.